The van der Waals surface area contributed by atoms with Crippen molar-refractivity contribution in [1.29, 1.82) is 0 Å². The topological polar surface area (TPSA) is 62.0 Å². The van der Waals surface area contributed by atoms with Crippen LogP contribution >= 0.6 is 0 Å². The molecule has 1 aromatic rings. The summed E-state index contributed by atoms with van der Waals surface area (Å²) in [5.74, 6) is 0.220. The normalized spacial score (nSPS) is 11.0. The zero-order valence-electron chi connectivity index (χ0n) is 8.47. The van der Waals surface area contributed by atoms with Crippen LogP contribution in [0.2, 0.25) is 0 Å². The van der Waals surface area contributed by atoms with Crippen LogP contribution < -0.4 is 0 Å². The molecule has 0 aliphatic carbocycles. The van der Waals surface area contributed by atoms with Crippen molar-refractivity contribution in [2.75, 3.05) is 26.4 Å². The van der Waals surface area contributed by atoms with Crippen molar-refractivity contribution in [1.82, 2.24) is 0 Å². The van der Waals surface area contributed by atoms with E-state index in [0.717, 1.165) is 0 Å². The number of aliphatic imine (C=N–C) groups is 1. The van der Waals surface area contributed by atoms with Gasteiger partial charge in [0, 0.05) is 11.8 Å². The average Bonchev–Trinajstić information content (AvgIpc) is 2.25. The summed E-state index contributed by atoms with van der Waals surface area (Å²) in [6.07, 6.45) is 1.61. The van der Waals surface area contributed by atoms with Gasteiger partial charge in [0.1, 0.15) is 5.75 Å². The van der Waals surface area contributed by atoms with E-state index < -0.39 is 0 Å². The maximum absolute atomic E-state index is 9.40. The van der Waals surface area contributed by atoms with Gasteiger partial charge in [-0.3, -0.25) is 4.99 Å². The number of aliphatic hydroxyl groups excluding tert-OH is 1. The molecule has 2 N–H and O–H groups in total. The van der Waals surface area contributed by atoms with Crippen LogP contribution in [0.4, 0.5) is 0 Å². The van der Waals surface area contributed by atoms with Crippen LogP contribution in [0.25, 0.3) is 0 Å². The van der Waals surface area contributed by atoms with Gasteiger partial charge < -0.3 is 14.9 Å². The number of rotatable bonds is 6. The highest BCUT2D eigenvalue weighted by Gasteiger charge is 1.93. The first kappa shape index (κ1) is 11.7. The molecule has 4 heteroatoms. The van der Waals surface area contributed by atoms with E-state index in [0.29, 0.717) is 25.3 Å². The number of aromatic hydroxyl groups is 1. The van der Waals surface area contributed by atoms with Crippen LogP contribution in [0.5, 0.6) is 5.75 Å². The van der Waals surface area contributed by atoms with Crippen LogP contribution in [0, 0.1) is 0 Å². The molecule has 0 amide bonds. The van der Waals surface area contributed by atoms with Gasteiger partial charge in [0.2, 0.25) is 0 Å². The quantitative estimate of drug-likeness (QED) is 0.538. The maximum atomic E-state index is 9.40. The van der Waals surface area contributed by atoms with E-state index in [1.165, 1.54) is 0 Å². The van der Waals surface area contributed by atoms with Crippen molar-refractivity contribution in [2.24, 2.45) is 4.99 Å². The van der Waals surface area contributed by atoms with Gasteiger partial charge in [-0.25, -0.2) is 0 Å². The van der Waals surface area contributed by atoms with Gasteiger partial charge >= 0.3 is 0 Å². The standard InChI is InChI=1S/C11H15NO3/c13-6-8-15-7-5-12-9-10-3-1-2-4-11(10)14/h1-4,9,13-14H,5-8H2. The van der Waals surface area contributed by atoms with Gasteiger partial charge in [-0.15, -0.1) is 0 Å². The van der Waals surface area contributed by atoms with E-state index in [2.05, 4.69) is 4.99 Å². The molecule has 15 heavy (non-hydrogen) atoms. The van der Waals surface area contributed by atoms with Crippen LogP contribution in [0.1, 0.15) is 5.56 Å². The number of phenolic OH excluding ortho intramolecular Hbond substituents is 1. The Balaban J connectivity index is 2.29. The fraction of sp³-hybridized carbons (Fsp3) is 0.364. The molecule has 0 heterocycles. The van der Waals surface area contributed by atoms with E-state index in [9.17, 15) is 5.11 Å². The summed E-state index contributed by atoms with van der Waals surface area (Å²) in [5.41, 5.74) is 0.694. The van der Waals surface area contributed by atoms with Crippen molar-refractivity contribution in [3.8, 4) is 5.75 Å². The first-order chi connectivity index (χ1) is 7.34. The second-order valence-electron chi connectivity index (χ2n) is 2.93. The highest BCUT2D eigenvalue weighted by Crippen LogP contribution is 2.12. The largest absolute Gasteiger partial charge is 0.507 e. The van der Waals surface area contributed by atoms with Gasteiger partial charge in [-0.05, 0) is 12.1 Å². The predicted molar refractivity (Wildman–Crippen MR) is 58.5 cm³/mol. The first-order valence-corrected chi connectivity index (χ1v) is 4.81. The second kappa shape index (κ2) is 6.98. The van der Waals surface area contributed by atoms with Crippen molar-refractivity contribution in [2.45, 2.75) is 0 Å². The van der Waals surface area contributed by atoms with E-state index in [1.807, 2.05) is 6.07 Å². The van der Waals surface area contributed by atoms with Crippen molar-refractivity contribution >= 4 is 6.21 Å². The summed E-state index contributed by atoms with van der Waals surface area (Å²) in [6, 6.07) is 7.00. The molecule has 0 fully saturated rings. The Morgan fingerprint density at radius 3 is 2.80 bits per heavy atom. The summed E-state index contributed by atoms with van der Waals surface area (Å²) in [5, 5.41) is 17.8. The fourth-order valence-corrected chi connectivity index (χ4v) is 1.04. The zero-order chi connectivity index (χ0) is 10.9. The first-order valence-electron chi connectivity index (χ1n) is 4.81. The summed E-state index contributed by atoms with van der Waals surface area (Å²) in [6.45, 7) is 1.37. The monoisotopic (exact) mass is 209 g/mol. The molecule has 0 radical (unpaired) electrons. The number of para-hydroxylation sites is 1. The lowest BCUT2D eigenvalue weighted by molar-refractivity contribution is 0.0978. The second-order valence-corrected chi connectivity index (χ2v) is 2.93. The number of ether oxygens (including phenoxy) is 1. The van der Waals surface area contributed by atoms with Crippen LogP contribution in [-0.2, 0) is 4.74 Å². The van der Waals surface area contributed by atoms with Crippen LogP contribution in [0.3, 0.4) is 0 Å². The molecular formula is C11H15NO3. The van der Waals surface area contributed by atoms with Crippen molar-refractivity contribution in [3.05, 3.63) is 29.8 Å². The molecule has 0 unspecified atom stereocenters. The molecule has 0 saturated heterocycles. The molecule has 0 spiro atoms. The number of aliphatic hydroxyl groups is 1. The van der Waals surface area contributed by atoms with Gasteiger partial charge in [0.15, 0.2) is 0 Å². The molecule has 0 saturated carbocycles. The zero-order valence-corrected chi connectivity index (χ0v) is 8.47. The molecule has 0 aliphatic heterocycles. The molecule has 0 bridgehead atoms. The average molecular weight is 209 g/mol. The Hall–Kier alpha value is -1.39. The lowest BCUT2D eigenvalue weighted by Gasteiger charge is -1.98. The van der Waals surface area contributed by atoms with Crippen molar-refractivity contribution < 1.29 is 14.9 Å². The van der Waals surface area contributed by atoms with Crippen LogP contribution in [0.15, 0.2) is 29.3 Å². The van der Waals surface area contributed by atoms with E-state index in [4.69, 9.17) is 9.84 Å². The third-order valence-electron chi connectivity index (χ3n) is 1.77. The Morgan fingerprint density at radius 2 is 2.07 bits per heavy atom. The molecule has 0 atom stereocenters. The molecule has 0 aromatic heterocycles. The summed E-state index contributed by atoms with van der Waals surface area (Å²) in [7, 11) is 0. The summed E-state index contributed by atoms with van der Waals surface area (Å²) >= 11 is 0. The van der Waals surface area contributed by atoms with E-state index in [-0.39, 0.29) is 12.4 Å². The lowest BCUT2D eigenvalue weighted by atomic mass is 10.2. The van der Waals surface area contributed by atoms with Gasteiger partial charge in [0.05, 0.1) is 26.4 Å². The molecule has 82 valence electrons. The van der Waals surface area contributed by atoms with Gasteiger partial charge in [-0.1, -0.05) is 12.1 Å². The van der Waals surface area contributed by atoms with Gasteiger partial charge in [0.25, 0.3) is 0 Å². The third kappa shape index (κ3) is 4.58. The van der Waals surface area contributed by atoms with Gasteiger partial charge in [-0.2, -0.15) is 0 Å². The highest BCUT2D eigenvalue weighted by molar-refractivity contribution is 5.83. The number of phenols is 1. The van der Waals surface area contributed by atoms with Crippen LogP contribution in [-0.4, -0.2) is 42.8 Å². The fourth-order valence-electron chi connectivity index (χ4n) is 1.04. The smallest absolute Gasteiger partial charge is 0.124 e. The number of benzene rings is 1. The highest BCUT2D eigenvalue weighted by atomic mass is 16.5. The van der Waals surface area contributed by atoms with E-state index >= 15 is 0 Å². The SMILES string of the molecule is OCCOCCN=Cc1ccccc1O. The Labute approximate surface area is 88.9 Å². The minimum Gasteiger partial charge on any atom is -0.507 e. The Morgan fingerprint density at radius 1 is 1.27 bits per heavy atom. The molecule has 1 rings (SSSR count). The molecule has 4 nitrogen and oxygen atoms in total. The Bertz CT molecular complexity index is 312. The van der Waals surface area contributed by atoms with Crippen molar-refractivity contribution in [3.63, 3.8) is 0 Å². The molecular weight excluding hydrogens is 194 g/mol. The Kier molecular flexibility index (Phi) is 5.43. The maximum Gasteiger partial charge on any atom is 0.124 e. The predicted octanol–water partition coefficient (Wildman–Crippen LogP) is 0.820. The molecule has 1 aromatic carbocycles. The molecule has 0 aliphatic rings. The number of hydrogen-bond donors (Lipinski definition) is 2. The number of hydrogen-bond acceptors (Lipinski definition) is 4. The lowest BCUT2D eigenvalue weighted by Crippen LogP contribution is -2.03. The third-order valence-corrected chi connectivity index (χ3v) is 1.77. The number of nitrogens with zero attached hydrogens (tertiary/aromatic N) is 1. The minimum absolute atomic E-state index is 0.0309. The summed E-state index contributed by atoms with van der Waals surface area (Å²) in [4.78, 5) is 4.08. The summed E-state index contributed by atoms with van der Waals surface area (Å²) < 4.78 is 5.02. The minimum atomic E-state index is 0.0309. The van der Waals surface area contributed by atoms with E-state index in [1.54, 1.807) is 24.4 Å².